The molecule has 6 heteroatoms. The highest BCUT2D eigenvalue weighted by molar-refractivity contribution is 5.81. The Balaban J connectivity index is 4.38. The third kappa shape index (κ3) is 8.12. The van der Waals surface area contributed by atoms with Crippen LogP contribution in [-0.4, -0.2) is 55.2 Å². The average molecular weight is 288 g/mol. The van der Waals surface area contributed by atoms with Crippen molar-refractivity contribution in [1.29, 1.82) is 0 Å². The zero-order valence-corrected chi connectivity index (χ0v) is 12.8. The van der Waals surface area contributed by atoms with Gasteiger partial charge in [-0.05, 0) is 31.2 Å². The normalized spacial score (nSPS) is 12.4. The van der Waals surface area contributed by atoms with Crippen molar-refractivity contribution >= 4 is 11.9 Å². The number of hydrogen-bond donors (Lipinski definition) is 2. The van der Waals surface area contributed by atoms with Crippen LogP contribution < -0.4 is 5.73 Å². The van der Waals surface area contributed by atoms with E-state index in [1.807, 2.05) is 0 Å². The molecule has 0 aliphatic rings. The number of carbonyl (C=O) groups excluding carboxylic acids is 1. The molecule has 0 radical (unpaired) electrons. The van der Waals surface area contributed by atoms with Crippen LogP contribution in [-0.2, 0) is 14.3 Å². The fraction of sp³-hybridized carbons (Fsp3) is 0.857. The molecule has 118 valence electrons. The number of amides is 1. The molecular weight excluding hydrogens is 260 g/mol. The molecule has 20 heavy (non-hydrogen) atoms. The lowest BCUT2D eigenvalue weighted by Gasteiger charge is -2.23. The van der Waals surface area contributed by atoms with Crippen LogP contribution in [0.15, 0.2) is 0 Å². The first-order chi connectivity index (χ1) is 9.42. The third-order valence-corrected chi connectivity index (χ3v) is 3.45. The molecule has 0 aromatic heterocycles. The van der Waals surface area contributed by atoms with Crippen LogP contribution in [0.5, 0.6) is 0 Å². The van der Waals surface area contributed by atoms with E-state index in [0.29, 0.717) is 38.0 Å². The summed E-state index contributed by atoms with van der Waals surface area (Å²) in [6, 6.07) is 0. The Kier molecular flexibility index (Phi) is 10.0. The van der Waals surface area contributed by atoms with Crippen LogP contribution in [0.2, 0.25) is 0 Å². The number of carboxylic acids is 1. The topological polar surface area (TPSA) is 92.9 Å². The Hall–Kier alpha value is -1.14. The van der Waals surface area contributed by atoms with Crippen molar-refractivity contribution in [2.45, 2.75) is 33.1 Å². The molecule has 0 bridgehead atoms. The van der Waals surface area contributed by atoms with Gasteiger partial charge in [-0.25, -0.2) is 0 Å². The molecule has 0 aliphatic carbocycles. The van der Waals surface area contributed by atoms with Crippen molar-refractivity contribution in [1.82, 2.24) is 4.90 Å². The number of rotatable bonds is 11. The number of hydrogen-bond acceptors (Lipinski definition) is 4. The molecular formula is C14H28N2O4. The van der Waals surface area contributed by atoms with Gasteiger partial charge in [0.2, 0.25) is 5.91 Å². The molecule has 0 rings (SSSR count). The molecule has 1 amide bonds. The van der Waals surface area contributed by atoms with Gasteiger partial charge in [0.25, 0.3) is 0 Å². The highest BCUT2D eigenvalue weighted by atomic mass is 16.5. The van der Waals surface area contributed by atoms with Gasteiger partial charge in [-0.3, -0.25) is 9.59 Å². The quantitative estimate of drug-likeness (QED) is 0.590. The maximum atomic E-state index is 12.1. The lowest BCUT2D eigenvalue weighted by atomic mass is 9.88. The van der Waals surface area contributed by atoms with Gasteiger partial charge in [0, 0.05) is 20.1 Å². The fourth-order valence-electron chi connectivity index (χ4n) is 2.15. The Bertz CT molecular complexity index is 295. The van der Waals surface area contributed by atoms with Gasteiger partial charge in [0.15, 0.2) is 0 Å². The van der Waals surface area contributed by atoms with Gasteiger partial charge >= 0.3 is 5.97 Å². The molecule has 1 unspecified atom stereocenters. The fourth-order valence-corrected chi connectivity index (χ4v) is 2.15. The van der Waals surface area contributed by atoms with Crippen LogP contribution in [0, 0.1) is 11.8 Å². The van der Waals surface area contributed by atoms with Gasteiger partial charge in [-0.15, -0.1) is 0 Å². The summed E-state index contributed by atoms with van der Waals surface area (Å²) in [7, 11) is 1.53. The maximum Gasteiger partial charge on any atom is 0.323 e. The summed E-state index contributed by atoms with van der Waals surface area (Å²) >= 11 is 0. The van der Waals surface area contributed by atoms with Gasteiger partial charge in [-0.2, -0.15) is 0 Å². The van der Waals surface area contributed by atoms with E-state index in [1.54, 1.807) is 0 Å². The monoisotopic (exact) mass is 288 g/mol. The van der Waals surface area contributed by atoms with Crippen LogP contribution in [0.3, 0.4) is 0 Å². The molecule has 0 heterocycles. The third-order valence-electron chi connectivity index (χ3n) is 3.45. The Labute approximate surface area is 121 Å². The number of aliphatic carboxylic acids is 1. The highest BCUT2D eigenvalue weighted by Gasteiger charge is 2.19. The van der Waals surface area contributed by atoms with E-state index < -0.39 is 5.97 Å². The number of carbonyl (C=O) groups is 2. The Morgan fingerprint density at radius 2 is 1.95 bits per heavy atom. The van der Waals surface area contributed by atoms with Gasteiger partial charge < -0.3 is 20.5 Å². The zero-order chi connectivity index (χ0) is 15.5. The molecule has 0 aromatic rings. The van der Waals surface area contributed by atoms with Crippen LogP contribution in [0.25, 0.3) is 0 Å². The molecule has 0 spiro atoms. The van der Waals surface area contributed by atoms with Crippen molar-refractivity contribution in [3.63, 3.8) is 0 Å². The number of ether oxygens (including phenoxy) is 1. The second kappa shape index (κ2) is 10.6. The van der Waals surface area contributed by atoms with Gasteiger partial charge in [0.05, 0.1) is 6.61 Å². The van der Waals surface area contributed by atoms with E-state index in [1.165, 1.54) is 12.0 Å². The van der Waals surface area contributed by atoms with Crippen molar-refractivity contribution < 1.29 is 19.4 Å². The second-order valence-corrected chi connectivity index (χ2v) is 5.32. The maximum absolute atomic E-state index is 12.1. The highest BCUT2D eigenvalue weighted by Crippen LogP contribution is 2.20. The van der Waals surface area contributed by atoms with E-state index in [0.717, 1.165) is 12.8 Å². The summed E-state index contributed by atoms with van der Waals surface area (Å²) in [4.78, 5) is 24.2. The first kappa shape index (κ1) is 18.9. The molecule has 1 atom stereocenters. The summed E-state index contributed by atoms with van der Waals surface area (Å²) in [5.41, 5.74) is 5.58. The smallest absolute Gasteiger partial charge is 0.323 e. The van der Waals surface area contributed by atoms with Crippen molar-refractivity contribution in [3.8, 4) is 0 Å². The van der Waals surface area contributed by atoms with Crippen molar-refractivity contribution in [3.05, 3.63) is 0 Å². The van der Waals surface area contributed by atoms with Gasteiger partial charge in [-0.1, -0.05) is 13.8 Å². The summed E-state index contributed by atoms with van der Waals surface area (Å²) in [5.74, 6) is -0.264. The van der Waals surface area contributed by atoms with Gasteiger partial charge in [0.1, 0.15) is 6.54 Å². The number of nitrogens with two attached hydrogens (primary N) is 1. The molecule has 0 fully saturated rings. The largest absolute Gasteiger partial charge is 0.480 e. The van der Waals surface area contributed by atoms with Crippen LogP contribution >= 0.6 is 0 Å². The Morgan fingerprint density at radius 1 is 1.30 bits per heavy atom. The summed E-state index contributed by atoms with van der Waals surface area (Å²) < 4.78 is 4.90. The van der Waals surface area contributed by atoms with Crippen LogP contribution in [0.1, 0.15) is 33.1 Å². The molecule has 0 saturated carbocycles. The summed E-state index contributed by atoms with van der Waals surface area (Å²) in [5, 5.41) is 8.83. The van der Waals surface area contributed by atoms with E-state index >= 15 is 0 Å². The Morgan fingerprint density at radius 3 is 2.40 bits per heavy atom. The van der Waals surface area contributed by atoms with Crippen molar-refractivity contribution in [2.75, 3.05) is 33.4 Å². The van der Waals surface area contributed by atoms with E-state index in [9.17, 15) is 9.59 Å². The number of carboxylic acid groups (broad SMARTS) is 1. The first-order valence-electron chi connectivity index (χ1n) is 7.10. The zero-order valence-electron chi connectivity index (χ0n) is 12.8. The SMILES string of the molecule is COCCN(CC(=O)O)C(=O)CCC(CCN)C(C)C. The molecule has 0 aliphatic heterocycles. The number of nitrogens with zero attached hydrogens (tertiary/aromatic N) is 1. The minimum Gasteiger partial charge on any atom is -0.480 e. The summed E-state index contributed by atoms with van der Waals surface area (Å²) in [6.45, 7) is 5.22. The average Bonchev–Trinajstić information content (AvgIpc) is 2.38. The summed E-state index contributed by atoms with van der Waals surface area (Å²) in [6.07, 6.45) is 2.00. The minimum atomic E-state index is -1.00. The molecule has 0 aromatic carbocycles. The lowest BCUT2D eigenvalue weighted by Crippen LogP contribution is -2.38. The van der Waals surface area contributed by atoms with E-state index in [4.69, 9.17) is 15.6 Å². The first-order valence-corrected chi connectivity index (χ1v) is 7.10. The lowest BCUT2D eigenvalue weighted by molar-refractivity contribution is -0.145. The predicted molar refractivity (Wildman–Crippen MR) is 77.3 cm³/mol. The minimum absolute atomic E-state index is 0.132. The van der Waals surface area contributed by atoms with E-state index in [2.05, 4.69) is 13.8 Å². The van der Waals surface area contributed by atoms with Crippen molar-refractivity contribution in [2.24, 2.45) is 17.6 Å². The van der Waals surface area contributed by atoms with E-state index in [-0.39, 0.29) is 12.5 Å². The standard InChI is InChI=1S/C14H28N2O4/c1-11(2)12(6-7-15)4-5-13(17)16(8-9-20-3)10-14(18)19/h11-12H,4-10,15H2,1-3H3,(H,18,19). The predicted octanol–water partition coefficient (Wildman–Crippen LogP) is 0.947. The second-order valence-electron chi connectivity index (χ2n) is 5.32. The molecule has 0 saturated heterocycles. The number of methoxy groups -OCH3 is 1. The molecule has 3 N–H and O–H groups in total. The molecule has 6 nitrogen and oxygen atoms in total. The van der Waals surface area contributed by atoms with Crippen LogP contribution in [0.4, 0.5) is 0 Å².